The Balaban J connectivity index is 1.91. The number of anilines is 1. The highest BCUT2D eigenvalue weighted by Crippen LogP contribution is 2.40. The molecule has 1 aliphatic heterocycles. The fraction of sp³-hybridized carbons (Fsp3) is 0.733. The molecule has 0 saturated carbocycles. The van der Waals surface area contributed by atoms with Crippen molar-refractivity contribution in [2.45, 2.75) is 57.9 Å². The summed E-state index contributed by atoms with van der Waals surface area (Å²) in [6.07, 6.45) is 5.15. The molecular weight excluding hydrogens is 272 g/mol. The van der Waals surface area contributed by atoms with Gasteiger partial charge in [0.1, 0.15) is 5.92 Å². The molecule has 1 fully saturated rings. The Morgan fingerprint density at radius 3 is 2.90 bits per heavy atom. The van der Waals surface area contributed by atoms with Crippen LogP contribution < -0.4 is 4.90 Å². The molecule has 1 aromatic rings. The summed E-state index contributed by atoms with van der Waals surface area (Å²) in [5.74, 6) is -0.484. The Labute approximate surface area is 123 Å². The van der Waals surface area contributed by atoms with E-state index in [1.54, 1.807) is 11.3 Å². The first-order valence-corrected chi connectivity index (χ1v) is 8.38. The van der Waals surface area contributed by atoms with Crippen LogP contribution in [0.2, 0.25) is 0 Å². The van der Waals surface area contributed by atoms with Gasteiger partial charge in [-0.1, -0.05) is 13.8 Å². The predicted molar refractivity (Wildman–Crippen MR) is 80.6 cm³/mol. The van der Waals surface area contributed by atoms with Crippen LogP contribution in [0, 0.1) is 5.92 Å². The van der Waals surface area contributed by atoms with Crippen LogP contribution >= 0.6 is 11.3 Å². The third-order valence-corrected chi connectivity index (χ3v) is 5.72. The Morgan fingerprint density at radius 1 is 1.40 bits per heavy atom. The van der Waals surface area contributed by atoms with Crippen LogP contribution in [0.3, 0.4) is 0 Å². The van der Waals surface area contributed by atoms with Crippen molar-refractivity contribution in [2.75, 3.05) is 11.4 Å². The van der Waals surface area contributed by atoms with Gasteiger partial charge in [0.05, 0.1) is 5.69 Å². The van der Waals surface area contributed by atoms with Crippen molar-refractivity contribution in [3.05, 3.63) is 10.6 Å². The van der Waals surface area contributed by atoms with E-state index >= 15 is 0 Å². The predicted octanol–water partition coefficient (Wildman–Crippen LogP) is 3.27. The quantitative estimate of drug-likeness (QED) is 0.929. The minimum Gasteiger partial charge on any atom is -0.481 e. The third kappa shape index (κ3) is 2.32. The number of carbonyl (C=O) groups is 1. The van der Waals surface area contributed by atoms with Gasteiger partial charge >= 0.3 is 5.97 Å². The highest BCUT2D eigenvalue weighted by atomic mass is 32.1. The Bertz CT molecular complexity index is 512. The molecule has 2 unspecified atom stereocenters. The Kier molecular flexibility index (Phi) is 3.71. The molecule has 0 bridgehead atoms. The number of hydrogen-bond donors (Lipinski definition) is 1. The molecule has 4 nitrogen and oxygen atoms in total. The van der Waals surface area contributed by atoms with Crippen molar-refractivity contribution in [3.8, 4) is 0 Å². The van der Waals surface area contributed by atoms with Crippen LogP contribution in [0.15, 0.2) is 0 Å². The summed E-state index contributed by atoms with van der Waals surface area (Å²) in [4.78, 5) is 19.7. The molecule has 0 radical (unpaired) electrons. The van der Waals surface area contributed by atoms with Crippen LogP contribution in [0.5, 0.6) is 0 Å². The molecular formula is C15H22N2O2S. The fourth-order valence-corrected chi connectivity index (χ4v) is 4.74. The number of aliphatic carboxylic acids is 1. The maximum absolute atomic E-state index is 11.4. The van der Waals surface area contributed by atoms with Gasteiger partial charge in [0.15, 0.2) is 5.13 Å². The molecule has 1 saturated heterocycles. The number of aryl methyl sites for hydroxylation is 1. The van der Waals surface area contributed by atoms with Crippen LogP contribution in [-0.4, -0.2) is 28.6 Å². The zero-order valence-electron chi connectivity index (χ0n) is 12.1. The highest BCUT2D eigenvalue weighted by Gasteiger charge is 2.34. The molecule has 20 heavy (non-hydrogen) atoms. The lowest BCUT2D eigenvalue weighted by Gasteiger charge is -2.27. The van der Waals surface area contributed by atoms with Gasteiger partial charge in [-0.05, 0) is 38.0 Å². The van der Waals surface area contributed by atoms with Crippen LogP contribution in [0.25, 0.3) is 0 Å². The molecule has 1 aromatic heterocycles. The number of fused-ring (bicyclic) bond motifs is 1. The number of nitrogens with zero attached hydrogens (tertiary/aromatic N) is 2. The van der Waals surface area contributed by atoms with E-state index in [0.29, 0.717) is 12.0 Å². The van der Waals surface area contributed by atoms with E-state index in [1.165, 1.54) is 17.7 Å². The summed E-state index contributed by atoms with van der Waals surface area (Å²) >= 11 is 1.73. The molecule has 0 spiro atoms. The van der Waals surface area contributed by atoms with Gasteiger partial charge in [0.2, 0.25) is 0 Å². The lowest BCUT2D eigenvalue weighted by molar-refractivity contribution is -0.139. The van der Waals surface area contributed by atoms with E-state index in [1.807, 2.05) is 0 Å². The number of thiazole rings is 1. The van der Waals surface area contributed by atoms with E-state index in [-0.39, 0.29) is 5.92 Å². The van der Waals surface area contributed by atoms with E-state index in [9.17, 15) is 9.90 Å². The van der Waals surface area contributed by atoms with Crippen LogP contribution in [0.1, 0.15) is 56.0 Å². The molecule has 2 atom stereocenters. The topological polar surface area (TPSA) is 53.4 Å². The third-order valence-electron chi connectivity index (χ3n) is 4.56. The lowest BCUT2D eigenvalue weighted by Crippen LogP contribution is -2.33. The van der Waals surface area contributed by atoms with Gasteiger partial charge in [-0.25, -0.2) is 4.98 Å². The van der Waals surface area contributed by atoms with Crippen molar-refractivity contribution < 1.29 is 9.90 Å². The summed E-state index contributed by atoms with van der Waals surface area (Å²) in [7, 11) is 0. The average molecular weight is 294 g/mol. The van der Waals surface area contributed by atoms with E-state index in [0.717, 1.165) is 36.6 Å². The zero-order valence-corrected chi connectivity index (χ0v) is 12.9. The lowest BCUT2D eigenvalue weighted by atomic mass is 9.91. The van der Waals surface area contributed by atoms with Crippen molar-refractivity contribution in [3.63, 3.8) is 0 Å². The summed E-state index contributed by atoms with van der Waals surface area (Å²) < 4.78 is 0. The van der Waals surface area contributed by atoms with Gasteiger partial charge < -0.3 is 10.0 Å². The standard InChI is InChI=1S/C15H22N2O2S/c1-9(2)11-6-4-8-17(11)15-16-13-10(14(18)19)5-3-7-12(13)20-15/h9-11H,3-8H2,1-2H3,(H,18,19). The van der Waals surface area contributed by atoms with Gasteiger partial charge in [0.25, 0.3) is 0 Å². The van der Waals surface area contributed by atoms with Gasteiger partial charge in [-0.3, -0.25) is 4.79 Å². The van der Waals surface area contributed by atoms with Crippen molar-refractivity contribution in [1.82, 2.24) is 4.98 Å². The first kappa shape index (κ1) is 13.9. The second-order valence-electron chi connectivity index (χ2n) is 6.23. The van der Waals surface area contributed by atoms with Gasteiger partial charge in [-0.2, -0.15) is 0 Å². The number of aromatic nitrogens is 1. The number of hydrogen-bond acceptors (Lipinski definition) is 4. The molecule has 1 N–H and O–H groups in total. The molecule has 5 heteroatoms. The normalized spacial score (nSPS) is 26.1. The van der Waals surface area contributed by atoms with Crippen molar-refractivity contribution in [1.29, 1.82) is 0 Å². The van der Waals surface area contributed by atoms with Crippen molar-refractivity contribution >= 4 is 22.4 Å². The first-order chi connectivity index (χ1) is 9.58. The minimum atomic E-state index is -0.718. The first-order valence-electron chi connectivity index (χ1n) is 7.57. The highest BCUT2D eigenvalue weighted by molar-refractivity contribution is 7.15. The smallest absolute Gasteiger partial charge is 0.312 e. The number of carboxylic acid groups (broad SMARTS) is 1. The van der Waals surface area contributed by atoms with E-state index in [4.69, 9.17) is 4.98 Å². The molecule has 110 valence electrons. The summed E-state index contributed by atoms with van der Waals surface area (Å²) in [5, 5.41) is 10.4. The van der Waals surface area contributed by atoms with Crippen LogP contribution in [-0.2, 0) is 11.2 Å². The summed E-state index contributed by atoms with van der Waals surface area (Å²) in [6, 6.07) is 0.561. The molecule has 3 rings (SSSR count). The largest absolute Gasteiger partial charge is 0.481 e. The van der Waals surface area contributed by atoms with E-state index < -0.39 is 5.97 Å². The zero-order chi connectivity index (χ0) is 14.3. The van der Waals surface area contributed by atoms with Crippen molar-refractivity contribution in [2.24, 2.45) is 5.92 Å². The van der Waals surface area contributed by atoms with E-state index in [2.05, 4.69) is 18.7 Å². The molecule has 2 aliphatic rings. The van der Waals surface area contributed by atoms with Gasteiger partial charge in [-0.15, -0.1) is 11.3 Å². The molecule has 0 amide bonds. The maximum Gasteiger partial charge on any atom is 0.312 e. The SMILES string of the molecule is CC(C)C1CCCN1c1nc2c(s1)CCCC2C(=O)O. The molecule has 1 aliphatic carbocycles. The Hall–Kier alpha value is -1.10. The van der Waals surface area contributed by atoms with Crippen LogP contribution in [0.4, 0.5) is 5.13 Å². The summed E-state index contributed by atoms with van der Waals surface area (Å²) in [6.45, 7) is 5.58. The number of carboxylic acids is 1. The second kappa shape index (κ2) is 5.35. The molecule has 0 aromatic carbocycles. The maximum atomic E-state index is 11.4. The molecule has 2 heterocycles. The fourth-order valence-electron chi connectivity index (χ4n) is 3.49. The van der Waals surface area contributed by atoms with Gasteiger partial charge in [0, 0.05) is 17.5 Å². The summed E-state index contributed by atoms with van der Waals surface area (Å²) in [5.41, 5.74) is 0.846. The monoisotopic (exact) mass is 294 g/mol. The second-order valence-corrected chi connectivity index (χ2v) is 7.30. The minimum absolute atomic E-state index is 0.385. The Morgan fingerprint density at radius 2 is 2.20 bits per heavy atom. The number of rotatable bonds is 3. The average Bonchev–Trinajstić information content (AvgIpc) is 3.03.